The molecule has 0 radical (unpaired) electrons. The Morgan fingerprint density at radius 3 is 2.89 bits per heavy atom. The van der Waals surface area contributed by atoms with Crippen LogP contribution >= 0.6 is 0 Å². The number of nitrogens with zero attached hydrogens (tertiary/aromatic N) is 3. The van der Waals surface area contributed by atoms with Crippen LogP contribution in [0.1, 0.15) is 55.5 Å². The first kappa shape index (κ1) is 14.0. The van der Waals surface area contributed by atoms with E-state index >= 15 is 0 Å². The summed E-state index contributed by atoms with van der Waals surface area (Å²) in [6, 6.07) is 0.298. The van der Waals surface area contributed by atoms with Gasteiger partial charge in [-0.3, -0.25) is 9.89 Å². The average Bonchev–Trinajstić information content (AvgIpc) is 2.80. The number of aliphatic hydroxyl groups excluding tert-OH is 1. The summed E-state index contributed by atoms with van der Waals surface area (Å²) in [5.74, 6) is 0.909. The Balaban J connectivity index is 2.03. The van der Waals surface area contributed by atoms with Crippen molar-refractivity contribution in [1.82, 2.24) is 20.1 Å². The zero-order valence-corrected chi connectivity index (χ0v) is 11.4. The minimum absolute atomic E-state index is 0.103. The van der Waals surface area contributed by atoms with E-state index in [1.807, 2.05) is 4.90 Å². The molecule has 106 valence electrons. The van der Waals surface area contributed by atoms with E-state index in [1.165, 1.54) is 6.42 Å². The molecule has 2 N–H and O–H groups in total. The van der Waals surface area contributed by atoms with E-state index in [4.69, 9.17) is 5.11 Å². The number of aromatic nitrogens is 3. The third-order valence-corrected chi connectivity index (χ3v) is 3.54. The summed E-state index contributed by atoms with van der Waals surface area (Å²) in [7, 11) is 0. The first-order valence-corrected chi connectivity index (χ1v) is 7.09. The fraction of sp³-hybridized carbons (Fsp3) is 0.769. The summed E-state index contributed by atoms with van der Waals surface area (Å²) in [6.07, 6.45) is 5.64. The molecule has 2 rings (SSSR count). The van der Waals surface area contributed by atoms with Crippen molar-refractivity contribution in [3.05, 3.63) is 11.6 Å². The molecule has 1 amide bonds. The minimum Gasteiger partial charge on any atom is -0.396 e. The quantitative estimate of drug-likeness (QED) is 0.775. The van der Waals surface area contributed by atoms with E-state index in [2.05, 4.69) is 22.1 Å². The lowest BCUT2D eigenvalue weighted by molar-refractivity contribution is 0.0550. The number of amides is 1. The largest absolute Gasteiger partial charge is 0.396 e. The maximum absolute atomic E-state index is 12.4. The van der Waals surface area contributed by atoms with Crippen molar-refractivity contribution >= 4 is 5.91 Å². The Labute approximate surface area is 113 Å². The van der Waals surface area contributed by atoms with Crippen molar-refractivity contribution in [3.8, 4) is 0 Å². The van der Waals surface area contributed by atoms with Crippen LogP contribution in [0.25, 0.3) is 0 Å². The van der Waals surface area contributed by atoms with Crippen LogP contribution in [0.5, 0.6) is 0 Å². The van der Waals surface area contributed by atoms with Crippen LogP contribution in [-0.4, -0.2) is 50.3 Å². The molecule has 0 unspecified atom stereocenters. The summed E-state index contributed by atoms with van der Waals surface area (Å²) in [5.41, 5.74) is 0. The summed E-state index contributed by atoms with van der Waals surface area (Å²) < 4.78 is 0. The molecule has 1 fully saturated rings. The molecule has 1 aliphatic carbocycles. The number of aliphatic hydroxyl groups is 1. The monoisotopic (exact) mass is 266 g/mol. The van der Waals surface area contributed by atoms with Crippen LogP contribution in [0.2, 0.25) is 0 Å². The van der Waals surface area contributed by atoms with Crippen LogP contribution in [0, 0.1) is 0 Å². The van der Waals surface area contributed by atoms with Crippen LogP contribution in [-0.2, 0) is 6.42 Å². The van der Waals surface area contributed by atoms with Crippen molar-refractivity contribution in [1.29, 1.82) is 0 Å². The third-order valence-electron chi connectivity index (χ3n) is 3.54. The van der Waals surface area contributed by atoms with Crippen LogP contribution in [0.15, 0.2) is 0 Å². The number of hydrogen-bond donors (Lipinski definition) is 2. The van der Waals surface area contributed by atoms with Gasteiger partial charge < -0.3 is 10.0 Å². The molecule has 19 heavy (non-hydrogen) atoms. The van der Waals surface area contributed by atoms with Gasteiger partial charge in [0.05, 0.1) is 0 Å². The Kier molecular flexibility index (Phi) is 4.90. The molecule has 1 aromatic heterocycles. The number of H-pyrrole nitrogens is 1. The van der Waals surface area contributed by atoms with E-state index in [0.29, 0.717) is 19.0 Å². The number of carbonyl (C=O) groups is 1. The van der Waals surface area contributed by atoms with Crippen LogP contribution < -0.4 is 0 Å². The Morgan fingerprint density at radius 2 is 2.32 bits per heavy atom. The van der Waals surface area contributed by atoms with Gasteiger partial charge in [0.25, 0.3) is 5.91 Å². The topological polar surface area (TPSA) is 82.1 Å². The van der Waals surface area contributed by atoms with Crippen LogP contribution in [0.3, 0.4) is 0 Å². The lowest BCUT2D eigenvalue weighted by Gasteiger charge is -2.36. The molecule has 0 saturated heterocycles. The number of rotatable bonds is 7. The molecule has 0 bridgehead atoms. The fourth-order valence-corrected chi connectivity index (χ4v) is 2.26. The van der Waals surface area contributed by atoms with Gasteiger partial charge in [0.15, 0.2) is 0 Å². The second-order valence-electron chi connectivity index (χ2n) is 5.02. The standard InChI is InChI=1S/C13H22N4O2/c1-2-5-11-14-12(16-15-11)13(19)17(8-4-9-18)10-6-3-7-10/h10,18H,2-9H2,1H3,(H,14,15,16). The summed E-state index contributed by atoms with van der Waals surface area (Å²) in [5, 5.41) is 15.8. The average molecular weight is 266 g/mol. The van der Waals surface area contributed by atoms with E-state index < -0.39 is 0 Å². The zero-order valence-electron chi connectivity index (χ0n) is 11.4. The molecule has 0 aliphatic heterocycles. The molecule has 6 heteroatoms. The van der Waals surface area contributed by atoms with Crippen molar-refractivity contribution in [2.45, 2.75) is 51.5 Å². The first-order chi connectivity index (χ1) is 9.26. The highest BCUT2D eigenvalue weighted by molar-refractivity contribution is 5.90. The zero-order chi connectivity index (χ0) is 13.7. The van der Waals surface area contributed by atoms with E-state index in [0.717, 1.165) is 31.5 Å². The fourth-order valence-electron chi connectivity index (χ4n) is 2.26. The van der Waals surface area contributed by atoms with Gasteiger partial charge in [0.2, 0.25) is 5.82 Å². The third kappa shape index (κ3) is 3.32. The molecule has 6 nitrogen and oxygen atoms in total. The molecule has 1 aliphatic rings. The number of aryl methyl sites for hydroxylation is 1. The van der Waals surface area contributed by atoms with E-state index in [-0.39, 0.29) is 18.3 Å². The van der Waals surface area contributed by atoms with Gasteiger partial charge in [-0.05, 0) is 32.1 Å². The second-order valence-corrected chi connectivity index (χ2v) is 5.02. The molecule has 1 saturated carbocycles. The number of carbonyl (C=O) groups excluding carboxylic acids is 1. The highest BCUT2D eigenvalue weighted by Gasteiger charge is 2.30. The van der Waals surface area contributed by atoms with Gasteiger partial charge in [-0.15, -0.1) is 5.10 Å². The van der Waals surface area contributed by atoms with Crippen molar-refractivity contribution in [2.75, 3.05) is 13.2 Å². The van der Waals surface area contributed by atoms with Crippen LogP contribution in [0.4, 0.5) is 0 Å². The SMILES string of the molecule is CCCc1nc(C(=O)N(CCCO)C2CCC2)n[nH]1. The molecule has 1 heterocycles. The lowest BCUT2D eigenvalue weighted by atomic mass is 9.91. The van der Waals surface area contributed by atoms with Crippen molar-refractivity contribution < 1.29 is 9.90 Å². The number of aromatic amines is 1. The molecule has 0 aromatic carbocycles. The van der Waals surface area contributed by atoms with Gasteiger partial charge in [0, 0.05) is 25.6 Å². The Bertz CT molecular complexity index is 415. The van der Waals surface area contributed by atoms with E-state index in [1.54, 1.807) is 0 Å². The maximum atomic E-state index is 12.4. The van der Waals surface area contributed by atoms with Crippen molar-refractivity contribution in [3.63, 3.8) is 0 Å². The van der Waals surface area contributed by atoms with Gasteiger partial charge in [-0.1, -0.05) is 6.92 Å². The molecular weight excluding hydrogens is 244 g/mol. The van der Waals surface area contributed by atoms with Gasteiger partial charge in [0.1, 0.15) is 5.82 Å². The highest BCUT2D eigenvalue weighted by atomic mass is 16.3. The molecule has 0 atom stereocenters. The van der Waals surface area contributed by atoms with Crippen molar-refractivity contribution in [2.24, 2.45) is 0 Å². The highest BCUT2D eigenvalue weighted by Crippen LogP contribution is 2.25. The Hall–Kier alpha value is -1.43. The first-order valence-electron chi connectivity index (χ1n) is 7.09. The predicted molar refractivity (Wildman–Crippen MR) is 70.8 cm³/mol. The predicted octanol–water partition coefficient (Wildman–Crippen LogP) is 1.13. The summed E-state index contributed by atoms with van der Waals surface area (Å²) in [6.45, 7) is 2.75. The number of nitrogens with one attached hydrogen (secondary N) is 1. The summed E-state index contributed by atoms with van der Waals surface area (Å²) >= 11 is 0. The minimum atomic E-state index is -0.114. The van der Waals surface area contributed by atoms with Gasteiger partial charge in [-0.2, -0.15) is 0 Å². The van der Waals surface area contributed by atoms with Gasteiger partial charge >= 0.3 is 0 Å². The van der Waals surface area contributed by atoms with Gasteiger partial charge in [-0.25, -0.2) is 4.98 Å². The maximum Gasteiger partial charge on any atom is 0.293 e. The molecular formula is C13H22N4O2. The molecule has 0 spiro atoms. The number of hydrogen-bond acceptors (Lipinski definition) is 4. The smallest absolute Gasteiger partial charge is 0.293 e. The van der Waals surface area contributed by atoms with E-state index in [9.17, 15) is 4.79 Å². The Morgan fingerprint density at radius 1 is 1.53 bits per heavy atom. The lowest BCUT2D eigenvalue weighted by Crippen LogP contribution is -2.45. The molecule has 1 aromatic rings. The summed E-state index contributed by atoms with van der Waals surface area (Å²) in [4.78, 5) is 18.5. The second kappa shape index (κ2) is 6.65. The normalized spacial score (nSPS) is 15.3.